The minimum absolute atomic E-state index is 0.0108. The Labute approximate surface area is 103 Å². The van der Waals surface area contributed by atoms with Crippen molar-refractivity contribution in [1.82, 2.24) is 9.55 Å². The number of imidazole rings is 1. The highest BCUT2D eigenvalue weighted by Gasteiger charge is 2.10. The minimum atomic E-state index is 0.0108. The van der Waals surface area contributed by atoms with Crippen LogP contribution in [0.3, 0.4) is 0 Å². The quantitative estimate of drug-likeness (QED) is 0.874. The first-order valence-corrected chi connectivity index (χ1v) is 6.02. The number of hydrogen-bond donors (Lipinski definition) is 1. The van der Waals surface area contributed by atoms with Gasteiger partial charge < -0.3 is 9.67 Å². The summed E-state index contributed by atoms with van der Waals surface area (Å²) in [4.78, 5) is 4.15. The van der Waals surface area contributed by atoms with Gasteiger partial charge in [0.25, 0.3) is 0 Å². The summed E-state index contributed by atoms with van der Waals surface area (Å²) >= 11 is 3.61. The van der Waals surface area contributed by atoms with E-state index in [2.05, 4.69) is 33.0 Å². The Bertz CT molecular complexity index is 441. The zero-order valence-electron chi connectivity index (χ0n) is 8.75. The van der Waals surface area contributed by atoms with Gasteiger partial charge in [-0.1, -0.05) is 46.3 Å². The molecular formula is C12H13BrN2O. The van der Waals surface area contributed by atoms with Gasteiger partial charge in [0.15, 0.2) is 0 Å². The van der Waals surface area contributed by atoms with Gasteiger partial charge in [-0.15, -0.1) is 0 Å². The molecule has 0 saturated heterocycles. The Kier molecular flexibility index (Phi) is 3.74. The van der Waals surface area contributed by atoms with E-state index < -0.39 is 0 Å². The summed E-state index contributed by atoms with van der Waals surface area (Å²) in [5.41, 5.74) is 2.07. The predicted octanol–water partition coefficient (Wildman–Crippen LogP) is 2.51. The van der Waals surface area contributed by atoms with Crippen LogP contribution in [0, 0.1) is 0 Å². The molecule has 1 unspecified atom stereocenters. The van der Waals surface area contributed by atoms with Crippen LogP contribution in [0.25, 0.3) is 0 Å². The lowest BCUT2D eigenvalue weighted by Crippen LogP contribution is -2.07. The summed E-state index contributed by atoms with van der Waals surface area (Å²) in [7, 11) is 0. The molecule has 0 aliphatic heterocycles. The van der Waals surface area contributed by atoms with E-state index in [0.717, 1.165) is 12.1 Å². The summed E-state index contributed by atoms with van der Waals surface area (Å²) in [6.07, 6.45) is 4.28. The topological polar surface area (TPSA) is 38.1 Å². The first-order chi connectivity index (χ1) is 7.81. The highest BCUT2D eigenvalue weighted by molar-refractivity contribution is 9.09. The summed E-state index contributed by atoms with van der Waals surface area (Å²) in [5.74, 6) is 0. The molecule has 0 radical (unpaired) electrons. The lowest BCUT2D eigenvalue weighted by molar-refractivity contribution is 0.270. The van der Waals surface area contributed by atoms with Crippen LogP contribution in [0.4, 0.5) is 0 Å². The molecule has 1 aromatic carbocycles. The fourth-order valence-corrected chi connectivity index (χ4v) is 2.36. The number of alkyl halides is 1. The van der Waals surface area contributed by atoms with Crippen LogP contribution in [-0.4, -0.2) is 14.7 Å². The van der Waals surface area contributed by atoms with Crippen molar-refractivity contribution in [2.24, 2.45) is 0 Å². The Morgan fingerprint density at radius 2 is 2.06 bits per heavy atom. The average molecular weight is 281 g/mol. The van der Waals surface area contributed by atoms with Crippen LogP contribution in [0.5, 0.6) is 0 Å². The van der Waals surface area contributed by atoms with Crippen molar-refractivity contribution in [3.63, 3.8) is 0 Å². The first-order valence-electron chi connectivity index (χ1n) is 5.11. The molecule has 1 N–H and O–H groups in total. The van der Waals surface area contributed by atoms with Gasteiger partial charge in [0, 0.05) is 6.42 Å². The zero-order chi connectivity index (χ0) is 11.4. The summed E-state index contributed by atoms with van der Waals surface area (Å²) in [6.45, 7) is 0.0108. The van der Waals surface area contributed by atoms with Crippen LogP contribution in [0.1, 0.15) is 16.2 Å². The lowest BCUT2D eigenvalue weighted by atomic mass is 10.1. The van der Waals surface area contributed by atoms with Gasteiger partial charge in [0.05, 0.1) is 29.8 Å². The van der Waals surface area contributed by atoms with Crippen molar-refractivity contribution in [2.45, 2.75) is 18.0 Å². The molecule has 84 valence electrons. The molecular weight excluding hydrogens is 268 g/mol. The molecule has 1 heterocycles. The SMILES string of the molecule is OCc1cncn1C(Br)Cc1ccccc1. The molecule has 0 saturated carbocycles. The van der Waals surface area contributed by atoms with Crippen molar-refractivity contribution in [3.8, 4) is 0 Å². The number of aromatic nitrogens is 2. The molecule has 2 rings (SSSR count). The third-order valence-corrected chi connectivity index (χ3v) is 3.22. The molecule has 2 aromatic rings. The highest BCUT2D eigenvalue weighted by Crippen LogP contribution is 2.22. The van der Waals surface area contributed by atoms with Crippen molar-refractivity contribution in [3.05, 3.63) is 54.1 Å². The molecule has 0 aliphatic carbocycles. The van der Waals surface area contributed by atoms with Gasteiger partial charge >= 0.3 is 0 Å². The van der Waals surface area contributed by atoms with E-state index in [1.807, 2.05) is 22.8 Å². The van der Waals surface area contributed by atoms with E-state index in [0.29, 0.717) is 0 Å². The molecule has 16 heavy (non-hydrogen) atoms. The van der Waals surface area contributed by atoms with Crippen molar-refractivity contribution >= 4 is 15.9 Å². The zero-order valence-corrected chi connectivity index (χ0v) is 10.3. The van der Waals surface area contributed by atoms with Gasteiger partial charge in [0.1, 0.15) is 0 Å². The number of aliphatic hydroxyl groups excluding tert-OH is 1. The smallest absolute Gasteiger partial charge is 0.0958 e. The molecule has 0 amide bonds. The second-order valence-electron chi connectivity index (χ2n) is 3.57. The average Bonchev–Trinajstić information content (AvgIpc) is 2.78. The Morgan fingerprint density at radius 1 is 1.31 bits per heavy atom. The number of rotatable bonds is 4. The van der Waals surface area contributed by atoms with Crippen molar-refractivity contribution in [2.75, 3.05) is 0 Å². The lowest BCUT2D eigenvalue weighted by Gasteiger charge is -2.14. The van der Waals surface area contributed by atoms with Crippen LogP contribution in [0.2, 0.25) is 0 Å². The van der Waals surface area contributed by atoms with E-state index in [1.54, 1.807) is 12.5 Å². The van der Waals surface area contributed by atoms with Crippen molar-refractivity contribution in [1.29, 1.82) is 0 Å². The van der Waals surface area contributed by atoms with Gasteiger partial charge in [-0.2, -0.15) is 0 Å². The number of nitrogens with zero attached hydrogens (tertiary/aromatic N) is 2. The minimum Gasteiger partial charge on any atom is -0.390 e. The molecule has 4 heteroatoms. The van der Waals surface area contributed by atoms with E-state index in [1.165, 1.54) is 5.56 Å². The molecule has 1 aromatic heterocycles. The molecule has 0 fully saturated rings. The Hall–Kier alpha value is -1.13. The van der Waals surface area contributed by atoms with Gasteiger partial charge in [-0.3, -0.25) is 0 Å². The fourth-order valence-electron chi connectivity index (χ4n) is 1.61. The van der Waals surface area contributed by atoms with E-state index in [-0.39, 0.29) is 11.6 Å². The van der Waals surface area contributed by atoms with Gasteiger partial charge in [-0.05, 0) is 5.56 Å². The normalized spacial score (nSPS) is 12.6. The predicted molar refractivity (Wildman–Crippen MR) is 66.3 cm³/mol. The third-order valence-electron chi connectivity index (χ3n) is 2.46. The largest absolute Gasteiger partial charge is 0.390 e. The second kappa shape index (κ2) is 5.27. The summed E-state index contributed by atoms with van der Waals surface area (Å²) in [6, 6.07) is 10.2. The molecule has 0 aliphatic rings. The third kappa shape index (κ3) is 2.51. The number of aliphatic hydroxyl groups is 1. The first kappa shape index (κ1) is 11.4. The van der Waals surface area contributed by atoms with Crippen LogP contribution in [-0.2, 0) is 13.0 Å². The van der Waals surface area contributed by atoms with E-state index in [4.69, 9.17) is 5.11 Å². The van der Waals surface area contributed by atoms with Gasteiger partial charge in [0.2, 0.25) is 0 Å². The molecule has 1 atom stereocenters. The Morgan fingerprint density at radius 3 is 2.75 bits per heavy atom. The standard InChI is InChI=1S/C12H13BrN2O/c13-12(6-10-4-2-1-3-5-10)15-9-14-7-11(15)8-16/h1-5,7,9,12,16H,6,8H2. The summed E-state index contributed by atoms with van der Waals surface area (Å²) < 4.78 is 1.94. The van der Waals surface area contributed by atoms with Crippen LogP contribution in [0.15, 0.2) is 42.9 Å². The number of hydrogen-bond acceptors (Lipinski definition) is 2. The number of benzene rings is 1. The van der Waals surface area contributed by atoms with E-state index >= 15 is 0 Å². The second-order valence-corrected chi connectivity index (χ2v) is 4.63. The maximum atomic E-state index is 9.14. The summed E-state index contributed by atoms with van der Waals surface area (Å²) in [5, 5.41) is 9.14. The van der Waals surface area contributed by atoms with Crippen LogP contribution >= 0.6 is 15.9 Å². The maximum Gasteiger partial charge on any atom is 0.0958 e. The maximum absolute atomic E-state index is 9.14. The fraction of sp³-hybridized carbons (Fsp3) is 0.250. The monoisotopic (exact) mass is 280 g/mol. The molecule has 3 nitrogen and oxygen atoms in total. The van der Waals surface area contributed by atoms with Crippen LogP contribution < -0.4 is 0 Å². The van der Waals surface area contributed by atoms with E-state index in [9.17, 15) is 0 Å². The number of halogens is 1. The molecule has 0 bridgehead atoms. The highest BCUT2D eigenvalue weighted by atomic mass is 79.9. The van der Waals surface area contributed by atoms with Crippen molar-refractivity contribution < 1.29 is 5.11 Å². The van der Waals surface area contributed by atoms with Gasteiger partial charge in [-0.25, -0.2) is 4.98 Å². The molecule has 0 spiro atoms. The Balaban J connectivity index is 2.11.